The van der Waals surface area contributed by atoms with Gasteiger partial charge in [0.05, 0.1) is 22.5 Å². The van der Waals surface area contributed by atoms with Gasteiger partial charge in [0.15, 0.2) is 5.84 Å². The number of carbonyl (C=O) groups excluding carboxylic acids is 1. The third-order valence-corrected chi connectivity index (χ3v) is 7.25. The molecule has 3 unspecified atom stereocenters. The maximum atomic E-state index is 12.3. The molecule has 1 aromatic carbocycles. The Morgan fingerprint density at radius 1 is 1.38 bits per heavy atom. The second kappa shape index (κ2) is 7.19. The molecule has 1 amide bonds. The van der Waals surface area contributed by atoms with E-state index in [1.165, 1.54) is 11.1 Å². The topological polar surface area (TPSA) is 87.1 Å². The van der Waals surface area contributed by atoms with Crippen LogP contribution in [0.2, 0.25) is 0 Å². The number of rotatable bonds is 5. The molecule has 0 saturated carbocycles. The number of aliphatic hydroxyl groups is 1. The molecule has 5 rings (SSSR count). The van der Waals surface area contributed by atoms with Crippen molar-refractivity contribution in [3.63, 3.8) is 0 Å². The summed E-state index contributed by atoms with van der Waals surface area (Å²) in [5.41, 5.74) is 6.43. The molecule has 152 valence electrons. The quantitative estimate of drug-likeness (QED) is 0.789. The normalized spacial score (nSPS) is 25.4. The highest BCUT2D eigenvalue weighted by Crippen LogP contribution is 2.48. The molecule has 2 N–H and O–H groups in total. The van der Waals surface area contributed by atoms with Crippen molar-refractivity contribution in [3.05, 3.63) is 51.0 Å². The molecule has 7 nitrogen and oxygen atoms in total. The SMILES string of the molecule is CC(C)c1ncc(C2N=C(c3cccc4c3CC3CC(=O)N(CCO)C43)NO2)s1. The van der Waals surface area contributed by atoms with Crippen molar-refractivity contribution < 1.29 is 14.7 Å². The first-order valence-corrected chi connectivity index (χ1v) is 10.9. The monoisotopic (exact) mass is 412 g/mol. The summed E-state index contributed by atoms with van der Waals surface area (Å²) in [4.78, 5) is 30.1. The lowest BCUT2D eigenvalue weighted by atomic mass is 10.0. The fourth-order valence-corrected chi connectivity index (χ4v) is 5.53. The molecule has 1 aromatic heterocycles. The predicted octanol–water partition coefficient (Wildman–Crippen LogP) is 2.68. The van der Waals surface area contributed by atoms with Crippen molar-refractivity contribution in [3.8, 4) is 0 Å². The number of aliphatic imine (C=N–C) groups is 1. The van der Waals surface area contributed by atoms with E-state index in [0.29, 0.717) is 18.9 Å². The molecule has 0 bridgehead atoms. The van der Waals surface area contributed by atoms with Crippen molar-refractivity contribution in [2.45, 2.75) is 44.9 Å². The van der Waals surface area contributed by atoms with Gasteiger partial charge in [-0.1, -0.05) is 32.0 Å². The summed E-state index contributed by atoms with van der Waals surface area (Å²) in [5.74, 6) is 1.51. The molecule has 1 aliphatic carbocycles. The lowest BCUT2D eigenvalue weighted by Crippen LogP contribution is -2.30. The van der Waals surface area contributed by atoms with Crippen LogP contribution >= 0.6 is 11.3 Å². The second-order valence-corrected chi connectivity index (χ2v) is 9.20. The largest absolute Gasteiger partial charge is 0.395 e. The van der Waals surface area contributed by atoms with Crippen LogP contribution in [-0.4, -0.2) is 39.9 Å². The number of benzene rings is 1. The van der Waals surface area contributed by atoms with Crippen LogP contribution in [0.4, 0.5) is 0 Å². The molecule has 3 atom stereocenters. The van der Waals surface area contributed by atoms with E-state index in [9.17, 15) is 9.90 Å². The maximum absolute atomic E-state index is 12.3. The van der Waals surface area contributed by atoms with Gasteiger partial charge in [-0.15, -0.1) is 11.3 Å². The van der Waals surface area contributed by atoms with Crippen molar-refractivity contribution >= 4 is 23.1 Å². The fraction of sp³-hybridized carbons (Fsp3) is 0.476. The summed E-state index contributed by atoms with van der Waals surface area (Å²) in [6.07, 6.45) is 2.83. The molecule has 1 fully saturated rings. The molecule has 8 heteroatoms. The van der Waals surface area contributed by atoms with Crippen molar-refractivity contribution in [1.29, 1.82) is 0 Å². The summed E-state index contributed by atoms with van der Waals surface area (Å²) in [6, 6.07) is 6.22. The first-order chi connectivity index (χ1) is 14.1. The van der Waals surface area contributed by atoms with Crippen LogP contribution in [0.15, 0.2) is 29.4 Å². The number of fused-ring (bicyclic) bond motifs is 3. The van der Waals surface area contributed by atoms with Crippen LogP contribution in [0.3, 0.4) is 0 Å². The zero-order chi connectivity index (χ0) is 20.1. The molecule has 2 aromatic rings. The summed E-state index contributed by atoms with van der Waals surface area (Å²) >= 11 is 1.63. The summed E-state index contributed by atoms with van der Waals surface area (Å²) in [5, 5.41) is 10.4. The number of aromatic nitrogens is 1. The molecular weight excluding hydrogens is 388 g/mol. The highest BCUT2D eigenvalue weighted by Gasteiger charge is 2.46. The number of carbonyl (C=O) groups is 1. The number of nitrogens with one attached hydrogen (secondary N) is 1. The minimum absolute atomic E-state index is 0.0129. The van der Waals surface area contributed by atoms with Crippen LogP contribution in [-0.2, 0) is 16.1 Å². The van der Waals surface area contributed by atoms with Gasteiger partial charge in [0.25, 0.3) is 0 Å². The molecule has 0 radical (unpaired) electrons. The Morgan fingerprint density at radius 2 is 2.24 bits per heavy atom. The average molecular weight is 413 g/mol. The van der Waals surface area contributed by atoms with E-state index in [1.54, 1.807) is 11.3 Å². The number of thiazole rings is 1. The number of amides is 1. The van der Waals surface area contributed by atoms with Gasteiger partial charge in [-0.3, -0.25) is 4.79 Å². The Morgan fingerprint density at radius 3 is 3.00 bits per heavy atom. The molecule has 3 aliphatic rings. The van der Waals surface area contributed by atoms with Crippen LogP contribution in [0, 0.1) is 5.92 Å². The van der Waals surface area contributed by atoms with E-state index < -0.39 is 0 Å². The maximum Gasteiger partial charge on any atom is 0.223 e. The van der Waals surface area contributed by atoms with E-state index in [4.69, 9.17) is 9.83 Å². The van der Waals surface area contributed by atoms with Crippen molar-refractivity contribution in [1.82, 2.24) is 15.4 Å². The predicted molar refractivity (Wildman–Crippen MR) is 109 cm³/mol. The number of hydrogen-bond donors (Lipinski definition) is 2. The Hall–Kier alpha value is -2.29. The summed E-state index contributed by atoms with van der Waals surface area (Å²) in [6.45, 7) is 4.62. The van der Waals surface area contributed by atoms with Gasteiger partial charge < -0.3 is 10.0 Å². The van der Waals surface area contributed by atoms with Gasteiger partial charge in [-0.2, -0.15) is 0 Å². The lowest BCUT2D eigenvalue weighted by molar-refractivity contribution is -0.129. The number of nitrogens with zero attached hydrogens (tertiary/aromatic N) is 3. The van der Waals surface area contributed by atoms with Gasteiger partial charge in [-0.25, -0.2) is 20.3 Å². The number of hydroxylamine groups is 1. The third-order valence-electron chi connectivity index (χ3n) is 5.93. The average Bonchev–Trinajstić information content (AvgIpc) is 3.45. The van der Waals surface area contributed by atoms with Gasteiger partial charge in [0.1, 0.15) is 0 Å². The molecule has 1 saturated heterocycles. The Bertz CT molecular complexity index is 986. The van der Waals surface area contributed by atoms with Gasteiger partial charge in [0.2, 0.25) is 12.1 Å². The third kappa shape index (κ3) is 3.06. The van der Waals surface area contributed by atoms with E-state index in [1.807, 2.05) is 17.2 Å². The number of aliphatic hydroxyl groups excluding tert-OH is 1. The first-order valence-electron chi connectivity index (χ1n) is 10.0. The highest BCUT2D eigenvalue weighted by atomic mass is 32.1. The van der Waals surface area contributed by atoms with E-state index in [2.05, 4.69) is 36.4 Å². The zero-order valence-electron chi connectivity index (χ0n) is 16.5. The zero-order valence-corrected chi connectivity index (χ0v) is 17.3. The fourth-order valence-electron chi connectivity index (χ4n) is 4.64. The Labute approximate surface area is 173 Å². The lowest BCUT2D eigenvalue weighted by Gasteiger charge is -2.24. The molecule has 2 aliphatic heterocycles. The summed E-state index contributed by atoms with van der Waals surface area (Å²) < 4.78 is 0. The number of hydrogen-bond acceptors (Lipinski definition) is 7. The molecule has 3 heterocycles. The van der Waals surface area contributed by atoms with Crippen LogP contribution < -0.4 is 5.48 Å². The minimum Gasteiger partial charge on any atom is -0.395 e. The van der Waals surface area contributed by atoms with Gasteiger partial charge >= 0.3 is 0 Å². The molecule has 0 spiro atoms. The first kappa shape index (κ1) is 18.7. The van der Waals surface area contributed by atoms with Gasteiger partial charge in [0, 0.05) is 30.6 Å². The smallest absolute Gasteiger partial charge is 0.223 e. The number of amidine groups is 1. The Kier molecular flexibility index (Phi) is 4.64. The van der Waals surface area contributed by atoms with E-state index >= 15 is 0 Å². The highest BCUT2D eigenvalue weighted by molar-refractivity contribution is 7.11. The number of β-amino-alcohol motifs (C(OH)–C–C–N with tert-alkyl or cyclic N) is 1. The van der Waals surface area contributed by atoms with Crippen molar-refractivity contribution in [2.24, 2.45) is 10.9 Å². The second-order valence-electron chi connectivity index (χ2n) is 8.10. The van der Waals surface area contributed by atoms with Crippen LogP contribution in [0.5, 0.6) is 0 Å². The van der Waals surface area contributed by atoms with Gasteiger partial charge in [-0.05, 0) is 23.5 Å². The Balaban J connectivity index is 1.45. The van der Waals surface area contributed by atoms with Crippen molar-refractivity contribution in [2.75, 3.05) is 13.2 Å². The van der Waals surface area contributed by atoms with E-state index in [-0.39, 0.29) is 30.7 Å². The standard InChI is InChI=1S/C21H24N4O3S/c1-11(2)21-22-10-16(29-21)20-23-19(24-28-20)14-5-3-4-13-15(14)8-12-9-17(27)25(6-7-26)18(12)13/h3-5,10-12,18,20,26H,6-9H2,1-2H3,(H,23,24). The molecular formula is C21H24N4O3S. The summed E-state index contributed by atoms with van der Waals surface area (Å²) in [7, 11) is 0. The van der Waals surface area contributed by atoms with Crippen LogP contribution in [0.1, 0.15) is 65.0 Å². The van der Waals surface area contributed by atoms with Crippen LogP contribution in [0.25, 0.3) is 0 Å². The number of likely N-dealkylation sites (tertiary alicyclic amines) is 1. The minimum atomic E-state index is -0.390. The molecule has 29 heavy (non-hydrogen) atoms. The van der Waals surface area contributed by atoms with E-state index in [0.717, 1.165) is 27.7 Å².